The highest BCUT2D eigenvalue weighted by atomic mass is 35.5. The Kier molecular flexibility index (Phi) is 4.20. The van der Waals surface area contributed by atoms with Gasteiger partial charge in [0.15, 0.2) is 0 Å². The lowest BCUT2D eigenvalue weighted by atomic mass is 10.2. The first kappa shape index (κ1) is 13.9. The molecule has 0 bridgehead atoms. The minimum Gasteiger partial charge on any atom is -0.351 e. The number of amides is 1. The van der Waals surface area contributed by atoms with Crippen LogP contribution in [0.25, 0.3) is 0 Å². The zero-order valence-corrected chi connectivity index (χ0v) is 10.8. The largest absolute Gasteiger partial charge is 0.351 e. The molecule has 10 heteroatoms. The van der Waals surface area contributed by atoms with Crippen LogP contribution in [0, 0.1) is 10.1 Å². The molecule has 0 aliphatic rings. The molecule has 0 fully saturated rings. The molecule has 0 saturated carbocycles. The number of aromatic nitrogens is 4. The summed E-state index contributed by atoms with van der Waals surface area (Å²) in [5, 5.41) is 19.4. The lowest BCUT2D eigenvalue weighted by molar-refractivity contribution is -0.385. The van der Waals surface area contributed by atoms with E-state index in [4.69, 9.17) is 11.6 Å². The van der Waals surface area contributed by atoms with E-state index in [1.54, 1.807) is 0 Å². The Morgan fingerprint density at radius 2 is 2.30 bits per heavy atom. The fourth-order valence-electron chi connectivity index (χ4n) is 1.44. The number of nitrogens with zero attached hydrogens (tertiary/aromatic N) is 4. The van der Waals surface area contributed by atoms with Crippen molar-refractivity contribution in [2.24, 2.45) is 0 Å². The van der Waals surface area contributed by atoms with Crippen LogP contribution in [0.15, 0.2) is 18.6 Å². The number of carbonyl (C=O) groups is 1. The molecule has 0 aliphatic heterocycles. The summed E-state index contributed by atoms with van der Waals surface area (Å²) in [6.07, 6.45) is 2.80. The summed E-state index contributed by atoms with van der Waals surface area (Å²) >= 11 is 5.75. The predicted molar refractivity (Wildman–Crippen MR) is 68.3 cm³/mol. The van der Waals surface area contributed by atoms with Gasteiger partial charge in [-0.2, -0.15) is 5.10 Å². The highest BCUT2D eigenvalue weighted by Crippen LogP contribution is 2.18. The van der Waals surface area contributed by atoms with Gasteiger partial charge >= 0.3 is 0 Å². The molecule has 2 rings (SSSR count). The van der Waals surface area contributed by atoms with Crippen LogP contribution >= 0.6 is 11.6 Å². The molecule has 0 radical (unpaired) electrons. The van der Waals surface area contributed by atoms with Crippen LogP contribution in [0.1, 0.15) is 16.2 Å². The molecule has 9 nitrogen and oxygen atoms in total. The van der Waals surface area contributed by atoms with Crippen molar-refractivity contribution in [2.45, 2.75) is 6.42 Å². The molecule has 0 aliphatic carbocycles. The van der Waals surface area contributed by atoms with Gasteiger partial charge in [-0.05, 0) is 0 Å². The molecular weight excluding hydrogens is 288 g/mol. The van der Waals surface area contributed by atoms with E-state index in [-0.39, 0.29) is 22.9 Å². The molecular formula is C10H9ClN6O3. The second kappa shape index (κ2) is 6.06. The highest BCUT2D eigenvalue weighted by Gasteiger charge is 2.16. The zero-order valence-electron chi connectivity index (χ0n) is 10.0. The average molecular weight is 297 g/mol. The molecule has 0 aromatic carbocycles. The minimum absolute atomic E-state index is 0.0431. The smallest absolute Gasteiger partial charge is 0.288 e. The maximum Gasteiger partial charge on any atom is 0.288 e. The second-order valence-corrected chi connectivity index (χ2v) is 4.09. The number of H-pyrrole nitrogens is 1. The van der Waals surface area contributed by atoms with Gasteiger partial charge in [-0.3, -0.25) is 20.0 Å². The van der Waals surface area contributed by atoms with Crippen molar-refractivity contribution >= 4 is 23.2 Å². The number of nitrogens with one attached hydrogen (secondary N) is 2. The van der Waals surface area contributed by atoms with Crippen molar-refractivity contribution in [3.63, 3.8) is 0 Å². The van der Waals surface area contributed by atoms with Gasteiger partial charge in [0.05, 0.1) is 10.5 Å². The summed E-state index contributed by atoms with van der Waals surface area (Å²) in [6, 6.07) is 1.08. The normalized spacial score (nSPS) is 10.2. The summed E-state index contributed by atoms with van der Waals surface area (Å²) in [4.78, 5) is 29.4. The van der Waals surface area contributed by atoms with Crippen LogP contribution in [0.4, 0.5) is 5.69 Å². The first-order valence-electron chi connectivity index (χ1n) is 5.50. The molecule has 0 atom stereocenters. The molecule has 2 N–H and O–H groups in total. The number of pyridine rings is 1. The van der Waals surface area contributed by atoms with Crippen LogP contribution < -0.4 is 5.32 Å². The third kappa shape index (κ3) is 3.26. The van der Waals surface area contributed by atoms with Gasteiger partial charge < -0.3 is 5.32 Å². The minimum atomic E-state index is -0.644. The predicted octanol–water partition coefficient (Wildman–Crippen LogP) is 0.734. The Hall–Kier alpha value is -2.55. The Morgan fingerprint density at radius 3 is 2.95 bits per heavy atom. The fourth-order valence-corrected chi connectivity index (χ4v) is 1.63. The van der Waals surface area contributed by atoms with Crippen molar-refractivity contribution in [1.29, 1.82) is 0 Å². The van der Waals surface area contributed by atoms with E-state index >= 15 is 0 Å². The van der Waals surface area contributed by atoms with Gasteiger partial charge in [-0.15, -0.1) is 0 Å². The summed E-state index contributed by atoms with van der Waals surface area (Å²) in [7, 11) is 0. The Morgan fingerprint density at radius 1 is 1.50 bits per heavy atom. The lowest BCUT2D eigenvalue weighted by Gasteiger charge is -2.05. The number of nitro groups is 1. The third-order valence-electron chi connectivity index (χ3n) is 2.39. The van der Waals surface area contributed by atoms with E-state index < -0.39 is 10.8 Å². The number of hydrogen-bond acceptors (Lipinski definition) is 6. The maximum absolute atomic E-state index is 11.9. The molecule has 2 heterocycles. The van der Waals surface area contributed by atoms with Crippen molar-refractivity contribution in [3.8, 4) is 0 Å². The number of rotatable bonds is 5. The number of hydrogen-bond donors (Lipinski definition) is 2. The molecule has 0 spiro atoms. The number of halogens is 1. The van der Waals surface area contributed by atoms with E-state index in [0.717, 1.165) is 12.3 Å². The third-order valence-corrected chi connectivity index (χ3v) is 2.69. The number of aromatic amines is 1. The first-order valence-corrected chi connectivity index (χ1v) is 5.88. The van der Waals surface area contributed by atoms with Gasteiger partial charge in [-0.1, -0.05) is 11.6 Å². The molecule has 104 valence electrons. The summed E-state index contributed by atoms with van der Waals surface area (Å²) < 4.78 is 0. The summed E-state index contributed by atoms with van der Waals surface area (Å²) in [5.74, 6) is 0.0827. The fraction of sp³-hybridized carbons (Fsp3) is 0.200. The van der Waals surface area contributed by atoms with Gasteiger partial charge in [0.1, 0.15) is 23.5 Å². The van der Waals surface area contributed by atoms with E-state index in [0.29, 0.717) is 12.2 Å². The standard InChI is InChI=1S/C10H9ClN6O3/c11-9-7(3-6(4-13-9)17(19)20)10(18)12-2-1-8-14-5-15-16-8/h3-5H,1-2H2,(H,12,18)(H,14,15,16). The topological polar surface area (TPSA) is 127 Å². The van der Waals surface area contributed by atoms with Gasteiger partial charge in [0.2, 0.25) is 0 Å². The van der Waals surface area contributed by atoms with Crippen molar-refractivity contribution < 1.29 is 9.72 Å². The maximum atomic E-state index is 11.9. The summed E-state index contributed by atoms with van der Waals surface area (Å²) in [6.45, 7) is 0.285. The molecule has 1 amide bonds. The van der Waals surface area contributed by atoms with Crippen LogP contribution in [0.5, 0.6) is 0 Å². The SMILES string of the molecule is O=C(NCCc1ncn[nH]1)c1cc([N+](=O)[O-])cnc1Cl. The van der Waals surface area contributed by atoms with Crippen LogP contribution in [-0.2, 0) is 6.42 Å². The van der Waals surface area contributed by atoms with Crippen molar-refractivity contribution in [3.05, 3.63) is 45.2 Å². The Bertz CT molecular complexity index is 630. The van der Waals surface area contributed by atoms with Gasteiger partial charge in [0.25, 0.3) is 11.6 Å². The van der Waals surface area contributed by atoms with E-state index in [2.05, 4.69) is 25.5 Å². The van der Waals surface area contributed by atoms with Crippen LogP contribution in [0.2, 0.25) is 5.15 Å². The lowest BCUT2D eigenvalue weighted by Crippen LogP contribution is -2.26. The molecule has 0 saturated heterocycles. The second-order valence-electron chi connectivity index (χ2n) is 3.73. The highest BCUT2D eigenvalue weighted by molar-refractivity contribution is 6.32. The molecule has 20 heavy (non-hydrogen) atoms. The summed E-state index contributed by atoms with van der Waals surface area (Å²) in [5.41, 5.74) is -0.340. The molecule has 2 aromatic heterocycles. The average Bonchev–Trinajstić information content (AvgIpc) is 2.92. The van der Waals surface area contributed by atoms with E-state index in [1.165, 1.54) is 6.33 Å². The number of carbonyl (C=O) groups excluding carboxylic acids is 1. The van der Waals surface area contributed by atoms with Crippen molar-refractivity contribution in [1.82, 2.24) is 25.5 Å². The molecule has 0 unspecified atom stereocenters. The van der Waals surface area contributed by atoms with Crippen molar-refractivity contribution in [2.75, 3.05) is 6.54 Å². The van der Waals surface area contributed by atoms with Gasteiger partial charge in [-0.25, -0.2) is 9.97 Å². The Labute approximate surface area is 117 Å². The monoisotopic (exact) mass is 296 g/mol. The van der Waals surface area contributed by atoms with Crippen LogP contribution in [0.3, 0.4) is 0 Å². The van der Waals surface area contributed by atoms with Gasteiger partial charge in [0, 0.05) is 19.0 Å². The zero-order chi connectivity index (χ0) is 14.5. The first-order chi connectivity index (χ1) is 9.58. The van der Waals surface area contributed by atoms with Crippen LogP contribution in [-0.4, -0.2) is 37.5 Å². The Balaban J connectivity index is 2.01. The van der Waals surface area contributed by atoms with E-state index in [9.17, 15) is 14.9 Å². The molecule has 2 aromatic rings. The quantitative estimate of drug-likeness (QED) is 0.476. The van der Waals surface area contributed by atoms with E-state index in [1.807, 2.05) is 0 Å².